The Hall–Kier alpha value is -2.82. The number of allylic oxidation sites excluding steroid dienone is 4. The van der Waals surface area contributed by atoms with Crippen LogP contribution in [0, 0.1) is 17.8 Å². The third kappa shape index (κ3) is 5.45. The standard InChI is InChI=1S/C27H32BrN3O3/c1-5-8-14-22(6-2)31-25(32)24(28)23(29(31)4)20-30-17-15-27(16-18-30,26(33)34-7-3)19-21-12-10-9-11-13-21/h1,6,8-14H,7,15-20H2,2-4H3/b14-8-,22-6+. The number of benzene rings is 1. The lowest BCUT2D eigenvalue weighted by molar-refractivity contribution is -0.158. The van der Waals surface area contributed by atoms with Crippen molar-refractivity contribution < 1.29 is 9.53 Å². The van der Waals surface area contributed by atoms with Crippen LogP contribution in [0.15, 0.2) is 57.8 Å². The molecule has 1 aromatic carbocycles. The van der Waals surface area contributed by atoms with Gasteiger partial charge in [-0.25, -0.2) is 4.68 Å². The van der Waals surface area contributed by atoms with Crippen molar-refractivity contribution in [1.82, 2.24) is 14.3 Å². The van der Waals surface area contributed by atoms with E-state index in [1.807, 2.05) is 49.9 Å². The highest BCUT2D eigenvalue weighted by atomic mass is 79.9. The number of halogens is 1. The number of likely N-dealkylation sites (tertiary alicyclic amines) is 1. The van der Waals surface area contributed by atoms with Crippen molar-refractivity contribution >= 4 is 27.6 Å². The second kappa shape index (κ2) is 11.5. The van der Waals surface area contributed by atoms with E-state index >= 15 is 0 Å². The number of esters is 1. The van der Waals surface area contributed by atoms with Crippen LogP contribution >= 0.6 is 15.9 Å². The van der Waals surface area contributed by atoms with Gasteiger partial charge in [0.05, 0.1) is 23.4 Å². The van der Waals surface area contributed by atoms with E-state index in [9.17, 15) is 9.59 Å². The number of carbonyl (C=O) groups is 1. The molecular weight excluding hydrogens is 494 g/mol. The van der Waals surface area contributed by atoms with Crippen LogP contribution in [0.5, 0.6) is 0 Å². The molecule has 34 heavy (non-hydrogen) atoms. The second-order valence-corrected chi connectivity index (χ2v) is 9.35. The zero-order chi connectivity index (χ0) is 24.7. The van der Waals surface area contributed by atoms with E-state index < -0.39 is 5.41 Å². The molecule has 1 fully saturated rings. The van der Waals surface area contributed by atoms with Crippen LogP contribution < -0.4 is 5.56 Å². The highest BCUT2D eigenvalue weighted by Crippen LogP contribution is 2.37. The first-order chi connectivity index (χ1) is 16.4. The average molecular weight is 526 g/mol. The fourth-order valence-corrected chi connectivity index (χ4v) is 5.13. The van der Waals surface area contributed by atoms with Crippen LogP contribution in [0.4, 0.5) is 0 Å². The second-order valence-electron chi connectivity index (χ2n) is 8.55. The fraction of sp³-hybridized carbons (Fsp3) is 0.407. The zero-order valence-electron chi connectivity index (χ0n) is 20.1. The normalized spacial score (nSPS) is 16.5. The number of hydrogen-bond acceptors (Lipinski definition) is 4. The molecule has 1 aliphatic heterocycles. The van der Waals surface area contributed by atoms with E-state index in [0.29, 0.717) is 42.6 Å². The van der Waals surface area contributed by atoms with Crippen molar-refractivity contribution in [3.05, 3.63) is 74.6 Å². The molecule has 0 spiro atoms. The summed E-state index contributed by atoms with van der Waals surface area (Å²) < 4.78 is 9.50. The Balaban J connectivity index is 1.80. The molecule has 7 heteroatoms. The smallest absolute Gasteiger partial charge is 0.312 e. The lowest BCUT2D eigenvalue weighted by Gasteiger charge is -2.40. The van der Waals surface area contributed by atoms with Gasteiger partial charge in [0, 0.05) is 13.6 Å². The molecule has 0 aliphatic carbocycles. The zero-order valence-corrected chi connectivity index (χ0v) is 21.7. The largest absolute Gasteiger partial charge is 0.466 e. The first-order valence-electron chi connectivity index (χ1n) is 11.6. The topological polar surface area (TPSA) is 56.5 Å². The van der Waals surface area contributed by atoms with Gasteiger partial charge in [0.25, 0.3) is 5.56 Å². The van der Waals surface area contributed by atoms with Gasteiger partial charge >= 0.3 is 5.97 Å². The minimum atomic E-state index is -0.527. The van der Waals surface area contributed by atoms with Crippen molar-refractivity contribution in [2.75, 3.05) is 19.7 Å². The summed E-state index contributed by atoms with van der Waals surface area (Å²) in [6.45, 7) is 6.18. The first kappa shape index (κ1) is 25.8. The van der Waals surface area contributed by atoms with E-state index in [1.54, 1.807) is 16.8 Å². The number of ether oxygens (including phenoxy) is 1. The summed E-state index contributed by atoms with van der Waals surface area (Å²) in [5, 5.41) is 0. The van der Waals surface area contributed by atoms with Crippen LogP contribution in [0.1, 0.15) is 37.9 Å². The minimum absolute atomic E-state index is 0.115. The first-order valence-corrected chi connectivity index (χ1v) is 12.4. The maximum atomic E-state index is 13.0. The lowest BCUT2D eigenvalue weighted by atomic mass is 9.73. The quantitative estimate of drug-likeness (QED) is 0.291. The monoisotopic (exact) mass is 525 g/mol. The third-order valence-corrected chi connectivity index (χ3v) is 7.29. The Kier molecular flexibility index (Phi) is 8.76. The van der Waals surface area contributed by atoms with Crippen LogP contribution in [0.2, 0.25) is 0 Å². The molecule has 1 aromatic heterocycles. The van der Waals surface area contributed by atoms with Gasteiger partial charge in [-0.1, -0.05) is 42.3 Å². The molecule has 1 aliphatic rings. The van der Waals surface area contributed by atoms with Crippen molar-refractivity contribution in [1.29, 1.82) is 0 Å². The van der Waals surface area contributed by atoms with Crippen LogP contribution in [0.3, 0.4) is 0 Å². The molecule has 0 N–H and O–H groups in total. The molecule has 0 radical (unpaired) electrons. The van der Waals surface area contributed by atoms with E-state index in [0.717, 1.165) is 24.3 Å². The number of carbonyl (C=O) groups excluding carboxylic acids is 1. The molecule has 0 atom stereocenters. The molecule has 0 bridgehead atoms. The number of nitrogens with zero attached hydrogens (tertiary/aromatic N) is 3. The number of hydrogen-bond donors (Lipinski definition) is 0. The molecule has 3 rings (SSSR count). The number of terminal acetylenes is 1. The summed E-state index contributed by atoms with van der Waals surface area (Å²) in [7, 11) is 1.87. The minimum Gasteiger partial charge on any atom is -0.466 e. The molecule has 0 saturated carbocycles. The maximum Gasteiger partial charge on any atom is 0.312 e. The fourth-order valence-electron chi connectivity index (χ4n) is 4.58. The van der Waals surface area contributed by atoms with Crippen LogP contribution in [-0.2, 0) is 29.5 Å². The molecular formula is C27H32BrN3O3. The van der Waals surface area contributed by atoms with Crippen molar-refractivity contribution in [3.8, 4) is 12.3 Å². The van der Waals surface area contributed by atoms with Gasteiger partial charge in [0.1, 0.15) is 4.47 Å². The van der Waals surface area contributed by atoms with E-state index in [2.05, 4.69) is 38.9 Å². The number of rotatable bonds is 8. The number of piperidine rings is 1. The Morgan fingerprint density at radius 1 is 1.26 bits per heavy atom. The van der Waals surface area contributed by atoms with E-state index in [-0.39, 0.29) is 11.5 Å². The predicted octanol–water partition coefficient (Wildman–Crippen LogP) is 4.39. The third-order valence-electron chi connectivity index (χ3n) is 6.50. The Morgan fingerprint density at radius 3 is 2.53 bits per heavy atom. The molecule has 0 amide bonds. The Morgan fingerprint density at radius 2 is 1.94 bits per heavy atom. The van der Waals surface area contributed by atoms with Crippen LogP contribution in [0.25, 0.3) is 5.70 Å². The molecule has 0 unspecified atom stereocenters. The van der Waals surface area contributed by atoms with Gasteiger partial charge in [0.15, 0.2) is 0 Å². The van der Waals surface area contributed by atoms with Gasteiger partial charge in [-0.05, 0) is 79.8 Å². The summed E-state index contributed by atoms with van der Waals surface area (Å²) in [5.41, 5.74) is 2.07. The van der Waals surface area contributed by atoms with Crippen LogP contribution in [-0.4, -0.2) is 39.9 Å². The van der Waals surface area contributed by atoms with Gasteiger partial charge < -0.3 is 4.74 Å². The molecule has 2 aromatic rings. The predicted molar refractivity (Wildman–Crippen MR) is 139 cm³/mol. The molecule has 1 saturated heterocycles. The van der Waals surface area contributed by atoms with Crippen molar-refractivity contribution in [3.63, 3.8) is 0 Å². The molecule has 6 nitrogen and oxygen atoms in total. The van der Waals surface area contributed by atoms with Crippen molar-refractivity contribution in [2.24, 2.45) is 12.5 Å². The highest BCUT2D eigenvalue weighted by Gasteiger charge is 2.43. The summed E-state index contributed by atoms with van der Waals surface area (Å²) >= 11 is 3.51. The van der Waals surface area contributed by atoms with E-state index in [4.69, 9.17) is 11.2 Å². The van der Waals surface area contributed by atoms with Gasteiger partial charge in [-0.15, -0.1) is 6.42 Å². The summed E-state index contributed by atoms with van der Waals surface area (Å²) in [4.78, 5) is 28.3. The number of aromatic nitrogens is 2. The molecule has 180 valence electrons. The Bertz CT molecular complexity index is 1160. The SMILES string of the molecule is C#C/C=C\C(=C/C)n1c(=O)c(Br)c(CN2CCC(Cc3ccccc3)(C(=O)OCC)CC2)n1C. The van der Waals surface area contributed by atoms with Gasteiger partial charge in [-0.2, -0.15) is 0 Å². The van der Waals surface area contributed by atoms with Crippen molar-refractivity contribution in [2.45, 2.75) is 39.7 Å². The lowest BCUT2D eigenvalue weighted by Crippen LogP contribution is -2.46. The average Bonchev–Trinajstić information content (AvgIpc) is 3.05. The van der Waals surface area contributed by atoms with E-state index in [1.165, 1.54) is 0 Å². The summed E-state index contributed by atoms with van der Waals surface area (Å²) in [5.74, 6) is 2.35. The van der Waals surface area contributed by atoms with Gasteiger partial charge in [0.2, 0.25) is 0 Å². The summed E-state index contributed by atoms with van der Waals surface area (Å²) in [6, 6.07) is 10.1. The Labute approximate surface area is 210 Å². The maximum absolute atomic E-state index is 13.0. The highest BCUT2D eigenvalue weighted by molar-refractivity contribution is 9.10. The van der Waals surface area contributed by atoms with Gasteiger partial charge in [-0.3, -0.25) is 19.2 Å². The molecule has 2 heterocycles. The summed E-state index contributed by atoms with van der Waals surface area (Å²) in [6.07, 6.45) is 12.6.